The fourth-order valence-electron chi connectivity index (χ4n) is 2.60. The lowest BCUT2D eigenvalue weighted by molar-refractivity contribution is 0.0561. The highest BCUT2D eigenvalue weighted by atomic mass is 16.5. The smallest absolute Gasteiger partial charge is 0.373 e. The Labute approximate surface area is 149 Å². The van der Waals surface area contributed by atoms with Gasteiger partial charge in [0.05, 0.1) is 19.1 Å². The molecular weight excluding hydrogens is 338 g/mol. The Hall–Kier alpha value is -3.06. The molecule has 136 valence electrons. The average molecular weight is 357 g/mol. The number of carbonyl (C=O) groups excluding carboxylic acids is 1. The Bertz CT molecular complexity index is 972. The number of ether oxygens (including phenoxy) is 3. The van der Waals surface area contributed by atoms with Crippen LogP contribution in [0.25, 0.3) is 10.8 Å². The van der Waals surface area contributed by atoms with Gasteiger partial charge in [-0.1, -0.05) is 6.07 Å². The quantitative estimate of drug-likeness (QED) is 0.605. The van der Waals surface area contributed by atoms with Crippen LogP contribution in [0.15, 0.2) is 51.8 Å². The Morgan fingerprint density at radius 1 is 1.12 bits per heavy atom. The van der Waals surface area contributed by atoms with Crippen molar-refractivity contribution in [1.29, 1.82) is 0 Å². The van der Waals surface area contributed by atoms with Gasteiger partial charge in [0, 0.05) is 25.2 Å². The summed E-state index contributed by atoms with van der Waals surface area (Å²) in [6.45, 7) is 1.07. The minimum absolute atomic E-state index is 0.101. The molecule has 0 radical (unpaired) electrons. The molecule has 0 bridgehead atoms. The van der Waals surface area contributed by atoms with Crippen LogP contribution in [0.5, 0.6) is 5.75 Å². The maximum absolute atomic E-state index is 12.6. The average Bonchev–Trinajstić information content (AvgIpc) is 3.14. The molecule has 0 spiro atoms. The number of esters is 1. The number of nitrogens with zero attached hydrogens (tertiary/aromatic N) is 1. The number of aromatic nitrogens is 1. The highest BCUT2D eigenvalue weighted by molar-refractivity contribution is 5.87. The van der Waals surface area contributed by atoms with E-state index in [1.165, 1.54) is 13.2 Å². The number of benzene rings is 1. The Morgan fingerprint density at radius 3 is 2.73 bits per heavy atom. The normalized spacial score (nSPS) is 10.8. The molecule has 0 fully saturated rings. The maximum Gasteiger partial charge on any atom is 0.373 e. The molecule has 0 aliphatic carbocycles. The second-order valence-corrected chi connectivity index (χ2v) is 5.57. The third kappa shape index (κ3) is 3.62. The van der Waals surface area contributed by atoms with Crippen molar-refractivity contribution in [2.75, 3.05) is 20.8 Å². The SMILES string of the molecule is COCCn1ccc2c(OCc3ccc(C(=O)OC)o3)cccc2c1=O. The first-order valence-corrected chi connectivity index (χ1v) is 8.05. The highest BCUT2D eigenvalue weighted by Gasteiger charge is 2.12. The number of furan rings is 1. The van der Waals surface area contributed by atoms with Gasteiger partial charge in [0.1, 0.15) is 18.1 Å². The second-order valence-electron chi connectivity index (χ2n) is 5.57. The van der Waals surface area contributed by atoms with Crippen LogP contribution in [0.4, 0.5) is 0 Å². The largest absolute Gasteiger partial charge is 0.485 e. The fraction of sp³-hybridized carbons (Fsp3) is 0.263. The van der Waals surface area contributed by atoms with E-state index in [-0.39, 0.29) is 17.9 Å². The molecule has 1 aromatic carbocycles. The number of carbonyl (C=O) groups is 1. The van der Waals surface area contributed by atoms with Gasteiger partial charge in [0.25, 0.3) is 5.56 Å². The summed E-state index contributed by atoms with van der Waals surface area (Å²) in [5.74, 6) is 0.619. The van der Waals surface area contributed by atoms with Gasteiger partial charge in [0.15, 0.2) is 0 Å². The monoisotopic (exact) mass is 357 g/mol. The summed E-state index contributed by atoms with van der Waals surface area (Å²) in [6, 6.07) is 10.3. The minimum Gasteiger partial charge on any atom is -0.485 e. The molecule has 26 heavy (non-hydrogen) atoms. The van der Waals surface area contributed by atoms with E-state index < -0.39 is 5.97 Å². The molecule has 0 aliphatic rings. The van der Waals surface area contributed by atoms with Gasteiger partial charge in [-0.2, -0.15) is 0 Å². The molecule has 0 N–H and O–H groups in total. The molecule has 0 saturated heterocycles. The lowest BCUT2D eigenvalue weighted by Crippen LogP contribution is -2.21. The van der Waals surface area contributed by atoms with Crippen LogP contribution in [0.2, 0.25) is 0 Å². The van der Waals surface area contributed by atoms with E-state index in [9.17, 15) is 9.59 Å². The molecule has 0 saturated carbocycles. The Balaban J connectivity index is 1.82. The van der Waals surface area contributed by atoms with Gasteiger partial charge in [-0.05, 0) is 30.3 Å². The predicted molar refractivity (Wildman–Crippen MR) is 94.5 cm³/mol. The van der Waals surface area contributed by atoms with Gasteiger partial charge in [-0.25, -0.2) is 4.79 Å². The number of hydrogen-bond donors (Lipinski definition) is 0. The Morgan fingerprint density at radius 2 is 1.96 bits per heavy atom. The summed E-state index contributed by atoms with van der Waals surface area (Å²) in [4.78, 5) is 24.0. The van der Waals surface area contributed by atoms with Crippen LogP contribution in [0, 0.1) is 0 Å². The lowest BCUT2D eigenvalue weighted by atomic mass is 10.1. The molecule has 3 rings (SSSR count). The summed E-state index contributed by atoms with van der Waals surface area (Å²) >= 11 is 0. The third-order valence-corrected chi connectivity index (χ3v) is 3.93. The number of pyridine rings is 1. The van der Waals surface area contributed by atoms with E-state index in [0.29, 0.717) is 35.4 Å². The van der Waals surface area contributed by atoms with Crippen molar-refractivity contribution in [2.24, 2.45) is 0 Å². The topological polar surface area (TPSA) is 79.9 Å². The van der Waals surface area contributed by atoms with Crippen molar-refractivity contribution in [1.82, 2.24) is 4.57 Å². The zero-order valence-electron chi connectivity index (χ0n) is 14.6. The number of hydrogen-bond acceptors (Lipinski definition) is 6. The van der Waals surface area contributed by atoms with E-state index in [2.05, 4.69) is 4.74 Å². The molecule has 3 aromatic rings. The standard InChI is InChI=1S/C19H19NO6/c1-23-11-10-20-9-8-14-15(18(20)21)4-3-5-16(14)25-12-13-6-7-17(26-13)19(22)24-2/h3-9H,10-12H2,1-2H3. The maximum atomic E-state index is 12.6. The molecule has 0 atom stereocenters. The summed E-state index contributed by atoms with van der Waals surface area (Å²) in [6.07, 6.45) is 1.72. The van der Waals surface area contributed by atoms with E-state index in [0.717, 1.165) is 0 Å². The van der Waals surface area contributed by atoms with Crippen molar-refractivity contribution in [3.63, 3.8) is 0 Å². The molecule has 0 unspecified atom stereocenters. The molecular formula is C19H19NO6. The van der Waals surface area contributed by atoms with Gasteiger partial charge >= 0.3 is 5.97 Å². The summed E-state index contributed by atoms with van der Waals surface area (Å²) in [7, 11) is 2.88. The summed E-state index contributed by atoms with van der Waals surface area (Å²) in [5.41, 5.74) is -0.101. The molecule has 0 amide bonds. The Kier molecular flexibility index (Phi) is 5.38. The van der Waals surface area contributed by atoms with Crippen LogP contribution in [-0.2, 0) is 22.6 Å². The molecule has 7 nitrogen and oxygen atoms in total. The second kappa shape index (κ2) is 7.88. The highest BCUT2D eigenvalue weighted by Crippen LogP contribution is 2.24. The van der Waals surface area contributed by atoms with E-state index in [4.69, 9.17) is 13.9 Å². The molecule has 0 aliphatic heterocycles. The molecule has 7 heteroatoms. The number of fused-ring (bicyclic) bond motifs is 1. The number of rotatable bonds is 7. The van der Waals surface area contributed by atoms with Crippen LogP contribution in [0.1, 0.15) is 16.3 Å². The predicted octanol–water partition coefficient (Wildman–Crippen LogP) is 2.61. The van der Waals surface area contributed by atoms with Crippen molar-refractivity contribution in [3.8, 4) is 5.75 Å². The van der Waals surface area contributed by atoms with E-state index in [1.54, 1.807) is 42.1 Å². The van der Waals surface area contributed by atoms with Gasteiger partial charge in [-0.3, -0.25) is 4.79 Å². The minimum atomic E-state index is -0.543. The van der Waals surface area contributed by atoms with Crippen LogP contribution < -0.4 is 10.3 Å². The zero-order chi connectivity index (χ0) is 18.5. The fourth-order valence-corrected chi connectivity index (χ4v) is 2.60. The lowest BCUT2D eigenvalue weighted by Gasteiger charge is -2.10. The van der Waals surface area contributed by atoms with Crippen LogP contribution >= 0.6 is 0 Å². The first-order chi connectivity index (χ1) is 12.6. The van der Waals surface area contributed by atoms with Crippen molar-refractivity contribution in [2.45, 2.75) is 13.2 Å². The van der Waals surface area contributed by atoms with Crippen molar-refractivity contribution in [3.05, 3.63) is 64.5 Å². The summed E-state index contributed by atoms with van der Waals surface area (Å²) < 4.78 is 22.4. The third-order valence-electron chi connectivity index (χ3n) is 3.93. The van der Waals surface area contributed by atoms with Crippen molar-refractivity contribution < 1.29 is 23.4 Å². The number of methoxy groups -OCH3 is 2. The van der Waals surface area contributed by atoms with E-state index >= 15 is 0 Å². The molecule has 2 heterocycles. The van der Waals surface area contributed by atoms with Gasteiger partial charge < -0.3 is 23.2 Å². The van der Waals surface area contributed by atoms with Gasteiger partial charge in [0.2, 0.25) is 5.76 Å². The van der Waals surface area contributed by atoms with Crippen LogP contribution in [-0.4, -0.2) is 31.4 Å². The zero-order valence-corrected chi connectivity index (χ0v) is 14.6. The van der Waals surface area contributed by atoms with Crippen molar-refractivity contribution >= 4 is 16.7 Å². The van der Waals surface area contributed by atoms with Gasteiger partial charge in [-0.15, -0.1) is 0 Å². The summed E-state index contributed by atoms with van der Waals surface area (Å²) in [5, 5.41) is 1.28. The van der Waals surface area contributed by atoms with E-state index in [1.807, 2.05) is 6.07 Å². The first-order valence-electron chi connectivity index (χ1n) is 8.05. The van der Waals surface area contributed by atoms with Crippen LogP contribution in [0.3, 0.4) is 0 Å². The molecule has 2 aromatic heterocycles. The first kappa shape index (κ1) is 17.8.